The average molecular weight is 210 g/mol. The zero-order chi connectivity index (χ0) is 11.1. The van der Waals surface area contributed by atoms with Crippen molar-refractivity contribution in [3.63, 3.8) is 0 Å². The summed E-state index contributed by atoms with van der Waals surface area (Å²) in [5.41, 5.74) is 0. The van der Waals surface area contributed by atoms with Crippen molar-refractivity contribution in [1.82, 2.24) is 0 Å². The van der Waals surface area contributed by atoms with Crippen molar-refractivity contribution in [2.75, 3.05) is 6.61 Å². The van der Waals surface area contributed by atoms with Crippen LogP contribution in [0.1, 0.15) is 20.3 Å². The molecule has 15 heavy (non-hydrogen) atoms. The van der Waals surface area contributed by atoms with Gasteiger partial charge in [0.2, 0.25) is 0 Å². The standard InChI is InChI=1S/C12H18O3/c1-3-12(13)14-9-10(2)15-11-7-5-4-6-8-11/h4-8,10,12-13H,3,9H2,1-2H3/t10-,12-/m1/s1. The van der Waals surface area contributed by atoms with Crippen LogP contribution in [0.25, 0.3) is 0 Å². The van der Waals surface area contributed by atoms with Crippen molar-refractivity contribution >= 4 is 0 Å². The Morgan fingerprint density at radius 3 is 2.53 bits per heavy atom. The molecule has 0 amide bonds. The molecule has 0 radical (unpaired) electrons. The SMILES string of the molecule is CC[C@H](O)OC[C@@H](C)Oc1ccccc1. The smallest absolute Gasteiger partial charge is 0.154 e. The maximum absolute atomic E-state index is 9.20. The predicted molar refractivity (Wildman–Crippen MR) is 58.8 cm³/mol. The van der Waals surface area contributed by atoms with Gasteiger partial charge in [0.25, 0.3) is 0 Å². The van der Waals surface area contributed by atoms with Gasteiger partial charge in [0.05, 0.1) is 6.61 Å². The first-order valence-electron chi connectivity index (χ1n) is 5.23. The van der Waals surface area contributed by atoms with E-state index in [4.69, 9.17) is 9.47 Å². The lowest BCUT2D eigenvalue weighted by Gasteiger charge is -2.16. The molecule has 0 aliphatic heterocycles. The molecule has 0 fully saturated rings. The van der Waals surface area contributed by atoms with Crippen LogP contribution >= 0.6 is 0 Å². The summed E-state index contributed by atoms with van der Waals surface area (Å²) in [6, 6.07) is 9.57. The molecule has 0 aliphatic carbocycles. The lowest BCUT2D eigenvalue weighted by atomic mass is 10.3. The van der Waals surface area contributed by atoms with Crippen LogP contribution in [-0.2, 0) is 4.74 Å². The van der Waals surface area contributed by atoms with Gasteiger partial charge in [0.1, 0.15) is 11.9 Å². The number of aliphatic hydroxyl groups excluding tert-OH is 1. The second-order valence-electron chi connectivity index (χ2n) is 3.44. The molecule has 3 nitrogen and oxygen atoms in total. The Kier molecular flexibility index (Phi) is 5.15. The summed E-state index contributed by atoms with van der Waals surface area (Å²) < 4.78 is 10.7. The van der Waals surface area contributed by atoms with Crippen molar-refractivity contribution in [1.29, 1.82) is 0 Å². The van der Waals surface area contributed by atoms with Crippen molar-refractivity contribution < 1.29 is 14.6 Å². The first kappa shape index (κ1) is 12.0. The van der Waals surface area contributed by atoms with E-state index in [1.165, 1.54) is 0 Å². The Hall–Kier alpha value is -1.06. The van der Waals surface area contributed by atoms with E-state index in [9.17, 15) is 5.11 Å². The number of para-hydroxylation sites is 1. The molecule has 1 aromatic carbocycles. The van der Waals surface area contributed by atoms with Gasteiger partial charge in [-0.2, -0.15) is 0 Å². The molecule has 0 bridgehead atoms. The number of benzene rings is 1. The predicted octanol–water partition coefficient (Wildman–Crippen LogP) is 2.20. The van der Waals surface area contributed by atoms with Gasteiger partial charge in [0.15, 0.2) is 6.29 Å². The Morgan fingerprint density at radius 2 is 1.93 bits per heavy atom. The molecule has 0 spiro atoms. The lowest BCUT2D eigenvalue weighted by molar-refractivity contribution is -0.116. The Labute approximate surface area is 90.6 Å². The molecule has 0 aromatic heterocycles. The van der Waals surface area contributed by atoms with Crippen LogP contribution in [-0.4, -0.2) is 24.1 Å². The first-order chi connectivity index (χ1) is 7.22. The van der Waals surface area contributed by atoms with Crippen LogP contribution in [0, 0.1) is 0 Å². The minimum atomic E-state index is -0.688. The van der Waals surface area contributed by atoms with E-state index >= 15 is 0 Å². The lowest BCUT2D eigenvalue weighted by Crippen LogP contribution is -2.23. The summed E-state index contributed by atoms with van der Waals surface area (Å²) in [6.07, 6.45) is -0.154. The molecule has 0 heterocycles. The van der Waals surface area contributed by atoms with Crippen molar-refractivity contribution in [2.24, 2.45) is 0 Å². The zero-order valence-electron chi connectivity index (χ0n) is 9.22. The van der Waals surface area contributed by atoms with Crippen molar-refractivity contribution in [2.45, 2.75) is 32.7 Å². The van der Waals surface area contributed by atoms with E-state index in [0.717, 1.165) is 5.75 Å². The van der Waals surface area contributed by atoms with E-state index in [-0.39, 0.29) is 6.10 Å². The molecule has 84 valence electrons. The third kappa shape index (κ3) is 4.81. The third-order valence-electron chi connectivity index (χ3n) is 1.95. The van der Waals surface area contributed by atoms with Crippen LogP contribution in [0.2, 0.25) is 0 Å². The van der Waals surface area contributed by atoms with E-state index in [1.54, 1.807) is 0 Å². The normalized spacial score (nSPS) is 14.6. The van der Waals surface area contributed by atoms with E-state index in [2.05, 4.69) is 0 Å². The van der Waals surface area contributed by atoms with E-state index in [1.807, 2.05) is 44.2 Å². The highest BCUT2D eigenvalue weighted by Gasteiger charge is 2.07. The van der Waals surface area contributed by atoms with E-state index < -0.39 is 6.29 Å². The highest BCUT2D eigenvalue weighted by molar-refractivity contribution is 5.21. The average Bonchev–Trinajstić information content (AvgIpc) is 2.27. The van der Waals surface area contributed by atoms with Gasteiger partial charge >= 0.3 is 0 Å². The minimum absolute atomic E-state index is 0.0615. The molecule has 1 rings (SSSR count). The monoisotopic (exact) mass is 210 g/mol. The fraction of sp³-hybridized carbons (Fsp3) is 0.500. The maximum atomic E-state index is 9.20. The molecule has 1 aromatic rings. The summed E-state index contributed by atoms with van der Waals surface area (Å²) >= 11 is 0. The molecular formula is C12H18O3. The van der Waals surface area contributed by atoms with Crippen LogP contribution in [0.5, 0.6) is 5.75 Å². The number of rotatable bonds is 6. The summed E-state index contributed by atoms with van der Waals surface area (Å²) in [5, 5.41) is 9.20. The summed E-state index contributed by atoms with van der Waals surface area (Å²) in [7, 11) is 0. The quantitative estimate of drug-likeness (QED) is 0.731. The molecular weight excluding hydrogens is 192 g/mol. The second-order valence-corrected chi connectivity index (χ2v) is 3.44. The van der Waals surface area contributed by atoms with Crippen LogP contribution in [0.3, 0.4) is 0 Å². The Morgan fingerprint density at radius 1 is 1.27 bits per heavy atom. The van der Waals surface area contributed by atoms with Crippen molar-refractivity contribution in [3.8, 4) is 5.75 Å². The summed E-state index contributed by atoms with van der Waals surface area (Å²) in [6.45, 7) is 4.17. The van der Waals surface area contributed by atoms with Crippen molar-refractivity contribution in [3.05, 3.63) is 30.3 Å². The number of hydrogen-bond acceptors (Lipinski definition) is 3. The maximum Gasteiger partial charge on any atom is 0.154 e. The largest absolute Gasteiger partial charge is 0.488 e. The Balaban J connectivity index is 2.27. The zero-order valence-corrected chi connectivity index (χ0v) is 9.22. The van der Waals surface area contributed by atoms with Gasteiger partial charge in [0, 0.05) is 0 Å². The fourth-order valence-corrected chi connectivity index (χ4v) is 1.13. The molecule has 3 heteroatoms. The topological polar surface area (TPSA) is 38.7 Å². The number of ether oxygens (including phenoxy) is 2. The van der Waals surface area contributed by atoms with Gasteiger partial charge < -0.3 is 14.6 Å². The first-order valence-corrected chi connectivity index (χ1v) is 5.23. The van der Waals surface area contributed by atoms with E-state index in [0.29, 0.717) is 13.0 Å². The third-order valence-corrected chi connectivity index (χ3v) is 1.95. The molecule has 1 N–H and O–H groups in total. The highest BCUT2D eigenvalue weighted by Crippen LogP contribution is 2.11. The van der Waals surface area contributed by atoms with Gasteiger partial charge in [-0.3, -0.25) is 0 Å². The van der Waals surface area contributed by atoms with Crippen LogP contribution in [0.4, 0.5) is 0 Å². The molecule has 0 saturated carbocycles. The molecule has 0 aliphatic rings. The van der Waals surface area contributed by atoms with Crippen LogP contribution in [0.15, 0.2) is 30.3 Å². The fourth-order valence-electron chi connectivity index (χ4n) is 1.13. The summed E-state index contributed by atoms with van der Waals surface area (Å²) in [5.74, 6) is 0.819. The number of aliphatic hydroxyl groups is 1. The Bertz CT molecular complexity index is 261. The van der Waals surface area contributed by atoms with Gasteiger partial charge in [-0.05, 0) is 25.5 Å². The van der Waals surface area contributed by atoms with Gasteiger partial charge in [-0.25, -0.2) is 0 Å². The minimum Gasteiger partial charge on any atom is -0.488 e. The van der Waals surface area contributed by atoms with Gasteiger partial charge in [-0.15, -0.1) is 0 Å². The van der Waals surface area contributed by atoms with Crippen LogP contribution < -0.4 is 4.74 Å². The summed E-state index contributed by atoms with van der Waals surface area (Å²) in [4.78, 5) is 0. The highest BCUT2D eigenvalue weighted by atomic mass is 16.6. The molecule has 2 atom stereocenters. The second kappa shape index (κ2) is 6.43. The van der Waals surface area contributed by atoms with Gasteiger partial charge in [-0.1, -0.05) is 25.1 Å². The molecule has 0 unspecified atom stereocenters. The number of hydrogen-bond donors (Lipinski definition) is 1. The molecule has 0 saturated heterocycles.